The molecule has 0 saturated carbocycles. The fourth-order valence-corrected chi connectivity index (χ4v) is 2.72. The van der Waals surface area contributed by atoms with Gasteiger partial charge in [-0.25, -0.2) is 0 Å². The molecule has 0 spiro atoms. The molecule has 0 aromatic heterocycles. The minimum atomic E-state index is -0.109. The molecule has 0 atom stereocenters. The fourth-order valence-electron chi connectivity index (χ4n) is 2.49. The van der Waals surface area contributed by atoms with E-state index in [1.165, 1.54) is 0 Å². The second kappa shape index (κ2) is 9.75. The molecule has 0 heterocycles. The number of nitrogens with zero attached hydrogens (tertiary/aromatic N) is 1. The summed E-state index contributed by atoms with van der Waals surface area (Å²) in [7, 11) is 4.05. The smallest absolute Gasteiger partial charge is 0.234 e. The highest BCUT2D eigenvalue weighted by atomic mass is 32.1. The van der Waals surface area contributed by atoms with E-state index in [1.54, 1.807) is 0 Å². The van der Waals surface area contributed by atoms with Crippen LogP contribution in [0.3, 0.4) is 0 Å². The molecular formula is C19H25N3OS2. The maximum Gasteiger partial charge on any atom is 0.234 e. The van der Waals surface area contributed by atoms with Gasteiger partial charge < -0.3 is 15.5 Å². The second-order valence-electron chi connectivity index (χ2n) is 5.92. The molecule has 2 rings (SSSR count). The van der Waals surface area contributed by atoms with Crippen molar-refractivity contribution in [2.75, 3.05) is 42.4 Å². The molecule has 2 aromatic carbocycles. The number of benzene rings is 2. The highest BCUT2D eigenvalue weighted by Gasteiger charge is 2.08. The third-order valence-corrected chi connectivity index (χ3v) is 4.35. The molecule has 0 unspecified atom stereocenters. The highest BCUT2D eigenvalue weighted by molar-refractivity contribution is 7.81. The van der Waals surface area contributed by atoms with Gasteiger partial charge in [0.05, 0.1) is 5.75 Å². The molecule has 4 nitrogen and oxygen atoms in total. The van der Waals surface area contributed by atoms with Crippen LogP contribution in [-0.4, -0.2) is 38.1 Å². The van der Waals surface area contributed by atoms with E-state index in [0.29, 0.717) is 6.54 Å². The first-order valence-corrected chi connectivity index (χ1v) is 9.44. The number of hydrogen-bond acceptors (Lipinski definition) is 5. The van der Waals surface area contributed by atoms with Crippen LogP contribution in [0.25, 0.3) is 11.1 Å². The Bertz CT molecular complexity index is 702. The van der Waals surface area contributed by atoms with Gasteiger partial charge in [-0.3, -0.25) is 4.79 Å². The Hall–Kier alpha value is -1.63. The van der Waals surface area contributed by atoms with Gasteiger partial charge in [0.1, 0.15) is 0 Å². The monoisotopic (exact) mass is 375 g/mol. The number of carbonyl (C=O) groups excluding carboxylic acids is 1. The summed E-state index contributed by atoms with van der Waals surface area (Å²) in [5, 5.41) is 6.24. The van der Waals surface area contributed by atoms with Crippen LogP contribution in [0.4, 0.5) is 11.4 Å². The first-order valence-electron chi connectivity index (χ1n) is 8.18. The summed E-state index contributed by atoms with van der Waals surface area (Å²) < 4.78 is 0. The number of hydrogen-bond donors (Lipinski definition) is 4. The molecule has 134 valence electrons. The highest BCUT2D eigenvalue weighted by Crippen LogP contribution is 2.27. The number of rotatable bonds is 8. The van der Waals surface area contributed by atoms with Gasteiger partial charge in [0.15, 0.2) is 0 Å². The summed E-state index contributed by atoms with van der Waals surface area (Å²) in [6, 6.07) is 14.5. The van der Waals surface area contributed by atoms with Gasteiger partial charge in [0.2, 0.25) is 5.91 Å². The molecule has 0 saturated heterocycles. The van der Waals surface area contributed by atoms with Crippen molar-refractivity contribution in [3.8, 4) is 11.1 Å². The van der Waals surface area contributed by atoms with Crippen molar-refractivity contribution in [1.82, 2.24) is 5.32 Å². The third-order valence-electron chi connectivity index (χ3n) is 3.84. The van der Waals surface area contributed by atoms with Gasteiger partial charge in [-0.15, -0.1) is 0 Å². The minimum Gasteiger partial charge on any atom is -0.378 e. The lowest BCUT2D eigenvalue weighted by molar-refractivity contribution is -0.113. The van der Waals surface area contributed by atoms with Crippen molar-refractivity contribution in [3.63, 3.8) is 0 Å². The molecule has 0 radical (unpaired) electrons. The van der Waals surface area contributed by atoms with Crippen LogP contribution in [0.2, 0.25) is 0 Å². The molecular weight excluding hydrogens is 350 g/mol. The Kier molecular flexibility index (Phi) is 7.68. The van der Waals surface area contributed by atoms with E-state index in [2.05, 4.69) is 71.1 Å². The number of nitrogens with one attached hydrogen (secondary N) is 2. The van der Waals surface area contributed by atoms with Crippen molar-refractivity contribution in [2.45, 2.75) is 6.54 Å². The molecule has 25 heavy (non-hydrogen) atoms. The largest absolute Gasteiger partial charge is 0.378 e. The Balaban J connectivity index is 2.29. The molecule has 0 aliphatic carbocycles. The summed E-state index contributed by atoms with van der Waals surface area (Å²) >= 11 is 8.25. The van der Waals surface area contributed by atoms with Crippen molar-refractivity contribution in [3.05, 3.63) is 48.0 Å². The van der Waals surface area contributed by atoms with Crippen LogP contribution in [-0.2, 0) is 11.3 Å². The van der Waals surface area contributed by atoms with Crippen LogP contribution in [0, 0.1) is 0 Å². The predicted molar refractivity (Wildman–Crippen MR) is 114 cm³/mol. The van der Waals surface area contributed by atoms with E-state index in [1.807, 2.05) is 26.2 Å². The van der Waals surface area contributed by atoms with E-state index in [4.69, 9.17) is 0 Å². The summed E-state index contributed by atoms with van der Waals surface area (Å²) in [6.45, 7) is 1.48. The number of thiol groups is 2. The maximum atomic E-state index is 11.7. The van der Waals surface area contributed by atoms with Crippen LogP contribution in [0.5, 0.6) is 0 Å². The molecule has 0 bridgehead atoms. The van der Waals surface area contributed by atoms with E-state index >= 15 is 0 Å². The van der Waals surface area contributed by atoms with Gasteiger partial charge >= 0.3 is 0 Å². The lowest BCUT2D eigenvalue weighted by Crippen LogP contribution is -2.19. The molecule has 0 aliphatic rings. The van der Waals surface area contributed by atoms with Crippen molar-refractivity contribution < 1.29 is 4.79 Å². The average Bonchev–Trinajstić information content (AvgIpc) is 2.63. The Morgan fingerprint density at radius 3 is 2.32 bits per heavy atom. The standard InChI is InChI=1S/C19H25N3OS2/c1-22(2)17-6-3-14(4-7-17)15-5-8-18(21-19(23)13-25)16(11-15)12-20-9-10-24/h3-8,11,20,24-25H,9-10,12-13H2,1-2H3,(H,21,23). The van der Waals surface area contributed by atoms with Gasteiger partial charge in [0, 0.05) is 44.3 Å². The molecule has 1 amide bonds. The first kappa shape index (κ1) is 19.7. The van der Waals surface area contributed by atoms with Crippen LogP contribution in [0.1, 0.15) is 5.56 Å². The lowest BCUT2D eigenvalue weighted by Gasteiger charge is -2.15. The molecule has 2 N–H and O–H groups in total. The van der Waals surface area contributed by atoms with Gasteiger partial charge in [-0.2, -0.15) is 25.3 Å². The zero-order chi connectivity index (χ0) is 18.2. The lowest BCUT2D eigenvalue weighted by atomic mass is 10.0. The summed E-state index contributed by atoms with van der Waals surface area (Å²) in [5.41, 5.74) is 5.30. The Morgan fingerprint density at radius 1 is 1.04 bits per heavy atom. The summed E-state index contributed by atoms with van der Waals surface area (Å²) in [4.78, 5) is 13.8. The zero-order valence-corrected chi connectivity index (χ0v) is 16.4. The SMILES string of the molecule is CN(C)c1ccc(-c2ccc(NC(=O)CS)c(CNCCS)c2)cc1. The van der Waals surface area contributed by atoms with Crippen LogP contribution < -0.4 is 15.5 Å². The first-order chi connectivity index (χ1) is 12.0. The van der Waals surface area contributed by atoms with Gasteiger partial charge in [0.25, 0.3) is 0 Å². The second-order valence-corrected chi connectivity index (χ2v) is 6.68. The minimum absolute atomic E-state index is 0.109. The summed E-state index contributed by atoms with van der Waals surface area (Å²) in [6.07, 6.45) is 0. The number of amides is 1. The van der Waals surface area contributed by atoms with E-state index in [0.717, 1.165) is 40.4 Å². The van der Waals surface area contributed by atoms with Gasteiger partial charge in [-0.1, -0.05) is 18.2 Å². The fraction of sp³-hybridized carbons (Fsp3) is 0.316. The molecule has 2 aromatic rings. The molecule has 0 aliphatic heterocycles. The van der Waals surface area contributed by atoms with E-state index < -0.39 is 0 Å². The third kappa shape index (κ3) is 5.70. The van der Waals surface area contributed by atoms with Gasteiger partial charge in [-0.05, 0) is 41.0 Å². The number of anilines is 2. The van der Waals surface area contributed by atoms with Crippen molar-refractivity contribution in [1.29, 1.82) is 0 Å². The topological polar surface area (TPSA) is 44.4 Å². The zero-order valence-electron chi connectivity index (χ0n) is 14.6. The maximum absolute atomic E-state index is 11.7. The Labute approximate surface area is 160 Å². The Morgan fingerprint density at radius 2 is 1.72 bits per heavy atom. The quantitative estimate of drug-likeness (QED) is 0.423. The van der Waals surface area contributed by atoms with Crippen molar-refractivity contribution in [2.24, 2.45) is 0 Å². The predicted octanol–water partition coefficient (Wildman–Crippen LogP) is 3.31. The number of carbonyl (C=O) groups is 1. The normalized spacial score (nSPS) is 10.6. The van der Waals surface area contributed by atoms with E-state index in [9.17, 15) is 4.79 Å². The molecule has 6 heteroatoms. The van der Waals surface area contributed by atoms with Crippen molar-refractivity contribution >= 4 is 42.5 Å². The molecule has 0 fully saturated rings. The van der Waals surface area contributed by atoms with E-state index in [-0.39, 0.29) is 11.7 Å². The van der Waals surface area contributed by atoms with Crippen LogP contribution >= 0.6 is 25.3 Å². The average molecular weight is 376 g/mol. The summed E-state index contributed by atoms with van der Waals surface area (Å²) in [5.74, 6) is 0.822. The van der Waals surface area contributed by atoms with Crippen LogP contribution in [0.15, 0.2) is 42.5 Å².